The van der Waals surface area contributed by atoms with Gasteiger partial charge in [-0.05, 0) is 37.6 Å². The maximum absolute atomic E-state index is 13.4. The number of aromatic nitrogens is 1. The van der Waals surface area contributed by atoms with Crippen molar-refractivity contribution in [3.8, 4) is 16.9 Å². The normalized spacial score (nSPS) is 10.6. The van der Waals surface area contributed by atoms with Crippen LogP contribution in [0, 0.1) is 5.82 Å². The van der Waals surface area contributed by atoms with Crippen LogP contribution in [0.1, 0.15) is 24.2 Å². The first kappa shape index (κ1) is 14.0. The van der Waals surface area contributed by atoms with Crippen LogP contribution in [0.5, 0.6) is 5.75 Å². The zero-order valence-corrected chi connectivity index (χ0v) is 11.1. The van der Waals surface area contributed by atoms with Crippen LogP contribution in [0.4, 0.5) is 4.39 Å². The van der Waals surface area contributed by atoms with E-state index in [0.717, 1.165) is 6.07 Å². The number of halogens is 1. The molecule has 0 atom stereocenters. The summed E-state index contributed by atoms with van der Waals surface area (Å²) in [5.41, 5.74) is 0.883. The predicted octanol–water partition coefficient (Wildman–Crippen LogP) is 3.37. The van der Waals surface area contributed by atoms with Crippen LogP contribution < -0.4 is 4.74 Å². The lowest BCUT2D eigenvalue weighted by molar-refractivity contribution is 0.0692. The molecule has 0 fully saturated rings. The molecule has 0 aliphatic rings. The molecule has 0 unspecified atom stereocenters. The van der Waals surface area contributed by atoms with E-state index < -0.39 is 11.8 Å². The Labute approximate surface area is 115 Å². The summed E-state index contributed by atoms with van der Waals surface area (Å²) in [7, 11) is 0. The SMILES string of the molecule is CC(C)Oc1cncc(-c2ccc(F)c(C(=O)O)c2)c1. The van der Waals surface area contributed by atoms with Gasteiger partial charge >= 0.3 is 5.97 Å². The van der Waals surface area contributed by atoms with Crippen LogP contribution in [0.3, 0.4) is 0 Å². The highest BCUT2D eigenvalue weighted by atomic mass is 19.1. The molecule has 104 valence electrons. The maximum atomic E-state index is 13.4. The van der Waals surface area contributed by atoms with E-state index in [2.05, 4.69) is 4.98 Å². The topological polar surface area (TPSA) is 59.4 Å². The van der Waals surface area contributed by atoms with Gasteiger partial charge in [-0.3, -0.25) is 4.98 Å². The highest BCUT2D eigenvalue weighted by molar-refractivity contribution is 5.89. The van der Waals surface area contributed by atoms with E-state index >= 15 is 0 Å². The fourth-order valence-corrected chi connectivity index (χ4v) is 1.78. The van der Waals surface area contributed by atoms with Crippen molar-refractivity contribution in [3.05, 3.63) is 48.0 Å². The Morgan fingerprint density at radius 1 is 1.25 bits per heavy atom. The van der Waals surface area contributed by atoms with Gasteiger partial charge in [0.25, 0.3) is 0 Å². The zero-order chi connectivity index (χ0) is 14.7. The molecule has 5 heteroatoms. The number of pyridine rings is 1. The second-order valence-corrected chi connectivity index (χ2v) is 4.58. The number of ether oxygens (including phenoxy) is 1. The molecule has 0 aliphatic carbocycles. The van der Waals surface area contributed by atoms with Gasteiger partial charge in [0.2, 0.25) is 0 Å². The molecule has 0 bridgehead atoms. The number of hydrogen-bond acceptors (Lipinski definition) is 3. The molecule has 0 radical (unpaired) electrons. The summed E-state index contributed by atoms with van der Waals surface area (Å²) < 4.78 is 18.9. The minimum Gasteiger partial charge on any atom is -0.489 e. The Morgan fingerprint density at radius 2 is 2.00 bits per heavy atom. The summed E-state index contributed by atoms with van der Waals surface area (Å²) in [6.45, 7) is 3.79. The monoisotopic (exact) mass is 275 g/mol. The number of aromatic carboxylic acids is 1. The second kappa shape index (κ2) is 5.69. The fraction of sp³-hybridized carbons (Fsp3) is 0.200. The quantitative estimate of drug-likeness (QED) is 0.929. The average molecular weight is 275 g/mol. The molecule has 2 rings (SSSR count). The van der Waals surface area contributed by atoms with Crippen molar-refractivity contribution < 1.29 is 19.0 Å². The van der Waals surface area contributed by atoms with E-state index in [9.17, 15) is 9.18 Å². The minimum atomic E-state index is -1.30. The van der Waals surface area contributed by atoms with Crippen molar-refractivity contribution in [2.45, 2.75) is 20.0 Å². The van der Waals surface area contributed by atoms with Crippen molar-refractivity contribution in [1.82, 2.24) is 4.98 Å². The van der Waals surface area contributed by atoms with Gasteiger partial charge in [-0.2, -0.15) is 0 Å². The third-order valence-corrected chi connectivity index (χ3v) is 2.62. The van der Waals surface area contributed by atoms with Gasteiger partial charge in [-0.1, -0.05) is 6.07 Å². The molecule has 1 aromatic carbocycles. The van der Waals surface area contributed by atoms with Gasteiger partial charge in [-0.15, -0.1) is 0 Å². The van der Waals surface area contributed by atoms with Crippen LogP contribution in [-0.2, 0) is 0 Å². The minimum absolute atomic E-state index is 0.00912. The smallest absolute Gasteiger partial charge is 0.338 e. The summed E-state index contributed by atoms with van der Waals surface area (Å²) >= 11 is 0. The highest BCUT2D eigenvalue weighted by Gasteiger charge is 2.12. The number of carboxylic acid groups (broad SMARTS) is 1. The van der Waals surface area contributed by atoms with E-state index in [-0.39, 0.29) is 11.7 Å². The summed E-state index contributed by atoms with van der Waals surface area (Å²) in [5.74, 6) is -1.48. The van der Waals surface area contributed by atoms with Gasteiger partial charge in [-0.25, -0.2) is 9.18 Å². The summed E-state index contributed by atoms with van der Waals surface area (Å²) in [4.78, 5) is 15.0. The van der Waals surface area contributed by atoms with E-state index in [1.807, 2.05) is 13.8 Å². The molecule has 20 heavy (non-hydrogen) atoms. The molecule has 1 aromatic heterocycles. The lowest BCUT2D eigenvalue weighted by Crippen LogP contribution is -2.05. The first-order valence-corrected chi connectivity index (χ1v) is 6.12. The molecular weight excluding hydrogens is 261 g/mol. The van der Waals surface area contributed by atoms with E-state index in [1.54, 1.807) is 18.5 Å². The first-order valence-electron chi connectivity index (χ1n) is 6.12. The molecule has 2 aromatic rings. The number of carbonyl (C=O) groups is 1. The molecule has 1 N–H and O–H groups in total. The van der Waals surface area contributed by atoms with Gasteiger partial charge in [0.1, 0.15) is 11.6 Å². The third kappa shape index (κ3) is 3.12. The van der Waals surface area contributed by atoms with Crippen LogP contribution in [0.15, 0.2) is 36.7 Å². The summed E-state index contributed by atoms with van der Waals surface area (Å²) in [6.07, 6.45) is 3.16. The average Bonchev–Trinajstić information content (AvgIpc) is 2.38. The molecule has 0 spiro atoms. The predicted molar refractivity (Wildman–Crippen MR) is 72.4 cm³/mol. The molecule has 0 amide bonds. The molecule has 0 saturated heterocycles. The Hall–Kier alpha value is -2.43. The Bertz CT molecular complexity index is 641. The summed E-state index contributed by atoms with van der Waals surface area (Å²) in [5, 5.41) is 8.93. The van der Waals surface area contributed by atoms with Gasteiger partial charge in [0.15, 0.2) is 0 Å². The van der Waals surface area contributed by atoms with Crippen molar-refractivity contribution >= 4 is 5.97 Å². The Morgan fingerprint density at radius 3 is 2.65 bits per heavy atom. The van der Waals surface area contributed by atoms with Crippen molar-refractivity contribution in [2.24, 2.45) is 0 Å². The van der Waals surface area contributed by atoms with Gasteiger partial charge in [0.05, 0.1) is 17.9 Å². The number of benzene rings is 1. The Balaban J connectivity index is 2.41. The van der Waals surface area contributed by atoms with Gasteiger partial charge in [0, 0.05) is 11.8 Å². The lowest BCUT2D eigenvalue weighted by atomic mass is 10.0. The summed E-state index contributed by atoms with van der Waals surface area (Å²) in [6, 6.07) is 5.67. The van der Waals surface area contributed by atoms with E-state index in [4.69, 9.17) is 9.84 Å². The fourth-order valence-electron chi connectivity index (χ4n) is 1.78. The van der Waals surface area contributed by atoms with E-state index in [0.29, 0.717) is 16.9 Å². The molecule has 1 heterocycles. The number of hydrogen-bond donors (Lipinski definition) is 1. The largest absolute Gasteiger partial charge is 0.489 e. The van der Waals surface area contributed by atoms with Gasteiger partial charge < -0.3 is 9.84 Å². The number of carboxylic acids is 1. The molecule has 0 aliphatic heterocycles. The van der Waals surface area contributed by atoms with E-state index in [1.165, 1.54) is 12.1 Å². The molecule has 4 nitrogen and oxygen atoms in total. The van der Waals surface area contributed by atoms with Crippen molar-refractivity contribution in [3.63, 3.8) is 0 Å². The van der Waals surface area contributed by atoms with Crippen molar-refractivity contribution in [2.75, 3.05) is 0 Å². The maximum Gasteiger partial charge on any atom is 0.338 e. The highest BCUT2D eigenvalue weighted by Crippen LogP contribution is 2.25. The van der Waals surface area contributed by atoms with Crippen molar-refractivity contribution in [1.29, 1.82) is 0 Å². The Kier molecular flexibility index (Phi) is 3.98. The molecular formula is C15H14FNO3. The third-order valence-electron chi connectivity index (χ3n) is 2.62. The second-order valence-electron chi connectivity index (χ2n) is 4.58. The van der Waals surface area contributed by atoms with Crippen LogP contribution in [-0.4, -0.2) is 22.2 Å². The number of nitrogens with zero attached hydrogens (tertiary/aromatic N) is 1. The van der Waals surface area contributed by atoms with Crippen LogP contribution in [0.25, 0.3) is 11.1 Å². The standard InChI is InChI=1S/C15H14FNO3/c1-9(2)20-12-5-11(7-17-8-12)10-3-4-14(16)13(6-10)15(18)19/h3-9H,1-2H3,(H,18,19). The lowest BCUT2D eigenvalue weighted by Gasteiger charge is -2.10. The van der Waals surface area contributed by atoms with Crippen LogP contribution in [0.2, 0.25) is 0 Å². The first-order chi connectivity index (χ1) is 9.47. The number of rotatable bonds is 4. The zero-order valence-electron chi connectivity index (χ0n) is 11.1. The van der Waals surface area contributed by atoms with Crippen LogP contribution >= 0.6 is 0 Å². The molecule has 0 saturated carbocycles.